The average molecular weight is 291 g/mol. The van der Waals surface area contributed by atoms with E-state index in [9.17, 15) is 4.79 Å². The number of carbonyl (C=O) groups is 1. The van der Waals surface area contributed by atoms with Crippen LogP contribution in [-0.4, -0.2) is 62.3 Å². The molecule has 21 heavy (non-hydrogen) atoms. The molecule has 6 nitrogen and oxygen atoms in total. The molecule has 2 rings (SSSR count). The minimum absolute atomic E-state index is 0.219. The van der Waals surface area contributed by atoms with Gasteiger partial charge in [0.2, 0.25) is 5.91 Å². The third-order valence-electron chi connectivity index (χ3n) is 4.21. The van der Waals surface area contributed by atoms with Gasteiger partial charge in [-0.05, 0) is 25.0 Å². The predicted molar refractivity (Wildman–Crippen MR) is 84.6 cm³/mol. The number of carbonyl (C=O) groups excluding carboxylic acids is 1. The lowest BCUT2D eigenvalue weighted by Crippen LogP contribution is -2.47. The van der Waals surface area contributed by atoms with Crippen molar-refractivity contribution in [3.8, 4) is 0 Å². The standard InChI is InChI=1S/C15H25N5O/c1-15(14(21)19(4)5)8-10-20(11-9-15)13-7-6-12(16-17-13)18(2)3/h6-7H,8-11H2,1-5H3. The maximum absolute atomic E-state index is 12.3. The van der Waals surface area contributed by atoms with Gasteiger partial charge in [-0.25, -0.2) is 0 Å². The van der Waals surface area contributed by atoms with Crippen LogP contribution in [0.4, 0.5) is 11.6 Å². The first-order chi connectivity index (χ1) is 9.83. The minimum atomic E-state index is -0.253. The molecule has 0 saturated carbocycles. The van der Waals surface area contributed by atoms with Gasteiger partial charge in [0, 0.05) is 46.7 Å². The first kappa shape index (κ1) is 15.5. The summed E-state index contributed by atoms with van der Waals surface area (Å²) in [5, 5.41) is 8.50. The molecule has 0 atom stereocenters. The van der Waals surface area contributed by atoms with Gasteiger partial charge in [-0.15, -0.1) is 10.2 Å². The molecule has 0 aliphatic carbocycles. The number of hydrogen-bond donors (Lipinski definition) is 0. The van der Waals surface area contributed by atoms with Gasteiger partial charge in [-0.1, -0.05) is 6.92 Å². The lowest BCUT2D eigenvalue weighted by Gasteiger charge is -2.39. The first-order valence-corrected chi connectivity index (χ1v) is 7.31. The van der Waals surface area contributed by atoms with Crippen LogP contribution in [0.2, 0.25) is 0 Å². The summed E-state index contributed by atoms with van der Waals surface area (Å²) >= 11 is 0. The summed E-state index contributed by atoms with van der Waals surface area (Å²) in [6.45, 7) is 3.74. The van der Waals surface area contributed by atoms with E-state index in [1.807, 2.05) is 45.2 Å². The lowest BCUT2D eigenvalue weighted by atomic mass is 9.79. The third kappa shape index (κ3) is 3.25. The lowest BCUT2D eigenvalue weighted by molar-refractivity contribution is -0.139. The van der Waals surface area contributed by atoms with Crippen molar-refractivity contribution >= 4 is 17.5 Å². The van der Waals surface area contributed by atoms with Gasteiger partial charge in [0.25, 0.3) is 0 Å². The topological polar surface area (TPSA) is 52.6 Å². The zero-order valence-electron chi connectivity index (χ0n) is 13.6. The Kier molecular flexibility index (Phi) is 4.34. The van der Waals surface area contributed by atoms with Crippen LogP contribution >= 0.6 is 0 Å². The Bertz CT molecular complexity index is 489. The zero-order valence-corrected chi connectivity index (χ0v) is 13.6. The average Bonchev–Trinajstić information content (AvgIpc) is 2.47. The highest BCUT2D eigenvalue weighted by atomic mass is 16.2. The molecule has 0 radical (unpaired) electrons. The number of hydrogen-bond acceptors (Lipinski definition) is 5. The maximum atomic E-state index is 12.3. The van der Waals surface area contributed by atoms with Crippen LogP contribution in [0, 0.1) is 5.41 Å². The second kappa shape index (κ2) is 5.87. The molecule has 0 N–H and O–H groups in total. The fraction of sp³-hybridized carbons (Fsp3) is 0.667. The Morgan fingerprint density at radius 2 is 1.76 bits per heavy atom. The van der Waals surface area contributed by atoms with Gasteiger partial charge in [-0.2, -0.15) is 0 Å². The Labute approximate surface area is 126 Å². The number of nitrogens with zero attached hydrogens (tertiary/aromatic N) is 5. The van der Waals surface area contributed by atoms with Crippen LogP contribution in [0.5, 0.6) is 0 Å². The van der Waals surface area contributed by atoms with Crippen LogP contribution in [-0.2, 0) is 4.79 Å². The molecule has 0 unspecified atom stereocenters. The molecule has 1 aliphatic heterocycles. The van der Waals surface area contributed by atoms with Gasteiger partial charge >= 0.3 is 0 Å². The van der Waals surface area contributed by atoms with E-state index in [1.165, 1.54) is 0 Å². The van der Waals surface area contributed by atoms with Crippen LogP contribution < -0.4 is 9.80 Å². The van der Waals surface area contributed by atoms with Crippen molar-refractivity contribution in [1.29, 1.82) is 0 Å². The second-order valence-electron chi connectivity index (χ2n) is 6.39. The molecule has 1 fully saturated rings. The van der Waals surface area contributed by atoms with Crippen LogP contribution in [0.15, 0.2) is 12.1 Å². The zero-order chi connectivity index (χ0) is 15.6. The summed E-state index contributed by atoms with van der Waals surface area (Å²) in [5.74, 6) is 1.96. The largest absolute Gasteiger partial charge is 0.361 e. The number of piperidine rings is 1. The SMILES string of the molecule is CN(C)C(=O)C1(C)CCN(c2ccc(N(C)C)nn2)CC1. The van der Waals surface area contributed by atoms with Crippen LogP contribution in [0.3, 0.4) is 0 Å². The van der Waals surface area contributed by atoms with E-state index in [1.54, 1.807) is 4.90 Å². The number of aromatic nitrogens is 2. The molecule has 1 aromatic rings. The molecule has 2 heterocycles. The van der Waals surface area contributed by atoms with Crippen molar-refractivity contribution in [1.82, 2.24) is 15.1 Å². The molecule has 1 aromatic heterocycles. The van der Waals surface area contributed by atoms with E-state index in [2.05, 4.69) is 22.0 Å². The van der Waals surface area contributed by atoms with E-state index < -0.39 is 0 Å². The molecule has 1 aliphatic rings. The summed E-state index contributed by atoms with van der Waals surface area (Å²) in [6.07, 6.45) is 1.70. The van der Waals surface area contributed by atoms with E-state index in [-0.39, 0.29) is 11.3 Å². The molecular weight excluding hydrogens is 266 g/mol. The Morgan fingerprint density at radius 1 is 1.14 bits per heavy atom. The van der Waals surface area contributed by atoms with Crippen LogP contribution in [0.1, 0.15) is 19.8 Å². The second-order valence-corrected chi connectivity index (χ2v) is 6.39. The summed E-state index contributed by atoms with van der Waals surface area (Å²) in [4.78, 5) is 18.1. The highest BCUT2D eigenvalue weighted by Crippen LogP contribution is 2.33. The number of anilines is 2. The van der Waals surface area contributed by atoms with Gasteiger partial charge < -0.3 is 14.7 Å². The Balaban J connectivity index is 2.02. The van der Waals surface area contributed by atoms with Crippen molar-refractivity contribution in [3.63, 3.8) is 0 Å². The van der Waals surface area contributed by atoms with E-state index >= 15 is 0 Å². The van der Waals surface area contributed by atoms with Crippen molar-refractivity contribution < 1.29 is 4.79 Å². The first-order valence-electron chi connectivity index (χ1n) is 7.31. The molecule has 1 saturated heterocycles. The Morgan fingerprint density at radius 3 is 2.19 bits per heavy atom. The van der Waals surface area contributed by atoms with Crippen LogP contribution in [0.25, 0.3) is 0 Å². The molecule has 0 aromatic carbocycles. The molecule has 1 amide bonds. The summed E-state index contributed by atoms with van der Waals surface area (Å²) in [6, 6.07) is 3.97. The van der Waals surface area contributed by atoms with E-state index in [0.29, 0.717) is 0 Å². The highest BCUT2D eigenvalue weighted by molar-refractivity contribution is 5.82. The molecular formula is C15H25N5O. The molecule has 116 valence electrons. The van der Waals surface area contributed by atoms with Crippen molar-refractivity contribution in [2.24, 2.45) is 5.41 Å². The van der Waals surface area contributed by atoms with Crippen molar-refractivity contribution in [2.45, 2.75) is 19.8 Å². The van der Waals surface area contributed by atoms with E-state index in [4.69, 9.17) is 0 Å². The quantitative estimate of drug-likeness (QED) is 0.838. The highest BCUT2D eigenvalue weighted by Gasteiger charge is 2.38. The number of rotatable bonds is 3. The monoisotopic (exact) mass is 291 g/mol. The predicted octanol–water partition coefficient (Wildman–Crippen LogP) is 1.24. The van der Waals surface area contributed by atoms with Gasteiger partial charge in [-0.3, -0.25) is 4.79 Å². The van der Waals surface area contributed by atoms with Gasteiger partial charge in [0.05, 0.1) is 0 Å². The summed E-state index contributed by atoms with van der Waals surface area (Å²) in [7, 11) is 7.54. The number of amides is 1. The van der Waals surface area contributed by atoms with Gasteiger partial charge in [0.15, 0.2) is 11.6 Å². The maximum Gasteiger partial charge on any atom is 0.228 e. The minimum Gasteiger partial charge on any atom is -0.361 e. The van der Waals surface area contributed by atoms with Crippen molar-refractivity contribution in [3.05, 3.63) is 12.1 Å². The summed E-state index contributed by atoms with van der Waals surface area (Å²) in [5.41, 5.74) is -0.253. The Hall–Kier alpha value is -1.85. The fourth-order valence-corrected chi connectivity index (χ4v) is 2.71. The van der Waals surface area contributed by atoms with E-state index in [0.717, 1.165) is 37.6 Å². The molecule has 6 heteroatoms. The van der Waals surface area contributed by atoms with Gasteiger partial charge in [0.1, 0.15) is 0 Å². The fourth-order valence-electron chi connectivity index (χ4n) is 2.71. The smallest absolute Gasteiger partial charge is 0.228 e. The third-order valence-corrected chi connectivity index (χ3v) is 4.21. The molecule has 0 bridgehead atoms. The summed E-state index contributed by atoms with van der Waals surface area (Å²) < 4.78 is 0. The van der Waals surface area contributed by atoms with Crippen molar-refractivity contribution in [2.75, 3.05) is 51.1 Å². The molecule has 0 spiro atoms. The normalized spacial score (nSPS) is 17.5.